The molecule has 2 aromatic carbocycles. The van der Waals surface area contributed by atoms with Crippen molar-refractivity contribution < 1.29 is 102 Å². The second-order valence-corrected chi connectivity index (χ2v) is 25.9. The molecule has 0 bridgehead atoms. The molecule has 3 saturated carbocycles. The van der Waals surface area contributed by atoms with Crippen LogP contribution in [0.2, 0.25) is 0 Å². The molecule has 6 N–H and O–H groups in total. The summed E-state index contributed by atoms with van der Waals surface area (Å²) in [6.45, 7) is 12.8. The molecule has 4 saturated heterocycles. The Morgan fingerprint density at radius 1 is 0.640 bits per heavy atom. The number of esters is 1. The number of ether oxygens (including phenoxy) is 14. The topological polar surface area (TPSA) is 268 Å². The van der Waals surface area contributed by atoms with Crippen molar-refractivity contribution >= 4 is 12.0 Å². The SMILES string of the molecule is CO[C@H]1[C@@H](O)[C@H](O[C@@H]2[C@@H](C)O[C@@H](O[C@H]3[C@@H](OC)C[C@H](O[C@H]4[C@@H](OC)C[C@H](O[C@H]5CC[C@]6(C)[C@H]7C[C@@H](OC(=O)C=Cc8ccccc8)[C@@]8(C)[C@](O)(CC[C@@]8(O)[C@H](C)OCc8ccccc8)[C@]7(O)C=C[C@@]6(O)C5)O[C@@H]4C)O[C@@H]3C)C[C@H]2OC)O[C@H](C)[C@H]1O. The molecule has 4 heterocycles. The first kappa shape index (κ1) is 65.6. The van der Waals surface area contributed by atoms with Crippen molar-refractivity contribution in [3.05, 3.63) is 90.0 Å². The maximum Gasteiger partial charge on any atom is 0.331 e. The fourth-order valence-electron chi connectivity index (χ4n) is 16.1. The van der Waals surface area contributed by atoms with Crippen LogP contribution in [0.3, 0.4) is 0 Å². The molecule has 480 valence electrons. The summed E-state index contributed by atoms with van der Waals surface area (Å²) in [4.78, 5) is 14.0. The molecule has 0 amide bonds. The number of aliphatic hydroxyl groups excluding tert-OH is 2. The number of benzene rings is 2. The third kappa shape index (κ3) is 11.9. The van der Waals surface area contributed by atoms with E-state index in [-0.39, 0.29) is 38.7 Å². The van der Waals surface area contributed by atoms with Crippen molar-refractivity contribution in [2.24, 2.45) is 16.7 Å². The second kappa shape index (κ2) is 26.1. The first-order valence-electron chi connectivity index (χ1n) is 30.8. The van der Waals surface area contributed by atoms with Crippen molar-refractivity contribution in [2.45, 2.75) is 258 Å². The normalized spacial score (nSPS) is 47.2. The van der Waals surface area contributed by atoms with Gasteiger partial charge < -0.3 is 97.0 Å². The van der Waals surface area contributed by atoms with Gasteiger partial charge in [0.15, 0.2) is 25.2 Å². The van der Waals surface area contributed by atoms with Crippen molar-refractivity contribution in [1.82, 2.24) is 0 Å². The van der Waals surface area contributed by atoms with Crippen LogP contribution in [0.15, 0.2) is 78.9 Å². The first-order chi connectivity index (χ1) is 40.9. The van der Waals surface area contributed by atoms with Gasteiger partial charge in [-0.1, -0.05) is 86.7 Å². The predicted molar refractivity (Wildman–Crippen MR) is 308 cm³/mol. The highest BCUT2D eigenvalue weighted by molar-refractivity contribution is 5.87. The molecule has 2 aromatic rings. The first-order valence-corrected chi connectivity index (χ1v) is 30.8. The van der Waals surface area contributed by atoms with Crippen LogP contribution in [0.4, 0.5) is 0 Å². The Morgan fingerprint density at radius 3 is 1.74 bits per heavy atom. The van der Waals surface area contributed by atoms with Gasteiger partial charge in [0.05, 0.1) is 72.6 Å². The van der Waals surface area contributed by atoms with E-state index in [1.165, 1.54) is 19.3 Å². The summed E-state index contributed by atoms with van der Waals surface area (Å²) in [5.41, 5.74) is -8.42. The van der Waals surface area contributed by atoms with E-state index in [0.717, 1.165) is 11.1 Å². The Labute approximate surface area is 505 Å². The lowest BCUT2D eigenvalue weighted by Crippen LogP contribution is -2.80. The maximum atomic E-state index is 14.0. The Bertz CT molecular complexity index is 2630. The molecular formula is C65H94O21. The molecule has 0 spiro atoms. The van der Waals surface area contributed by atoms with Crippen LogP contribution >= 0.6 is 0 Å². The standard InChI is InChI=1S/C65H94O21/c1-36-53(67)58(76-11)54(68)59(81-36)86-57-39(4)80-52(32-46(57)75-10)85-56-38(3)79-51(31-45(56)74-9)84-55-37(2)78-50(30-44(55)73-8)82-43-24-25-60(6)47-33-48(83-49(66)23-22-41-18-14-12-15-19-41)61(7)63(70,40(5)77-35-42-20-16-13-17-21-42)28-29-65(61,72)64(47,71)27-26-62(60,69)34-43/h12-23,26-27,36-40,43-48,50-59,67-72H,24-25,28-35H2,1-11H3/t36-,37-,38-,39-,40+,43+,44+,45+,46-,47-,48-,50+,51+,52+,53-,54-,55-,56-,57-,58-,59+,60-,61-,62-,63-,64+,65-/m1/s1. The third-order valence-corrected chi connectivity index (χ3v) is 21.4. The van der Waals surface area contributed by atoms with Crippen LogP contribution in [0, 0.1) is 16.7 Å². The molecule has 8 aliphatic rings. The second-order valence-electron chi connectivity index (χ2n) is 25.9. The zero-order valence-corrected chi connectivity index (χ0v) is 51.6. The summed E-state index contributed by atoms with van der Waals surface area (Å²) < 4.78 is 87.7. The Morgan fingerprint density at radius 2 is 1.19 bits per heavy atom. The van der Waals surface area contributed by atoms with Crippen LogP contribution in [0.1, 0.15) is 117 Å². The third-order valence-electron chi connectivity index (χ3n) is 21.4. The highest BCUT2D eigenvalue weighted by atomic mass is 16.8. The number of rotatable bonds is 19. The lowest BCUT2D eigenvalue weighted by atomic mass is 9.41. The van der Waals surface area contributed by atoms with Crippen molar-refractivity contribution in [1.29, 1.82) is 0 Å². The van der Waals surface area contributed by atoms with Crippen LogP contribution in [0.5, 0.6) is 0 Å². The maximum absolute atomic E-state index is 14.0. The zero-order valence-electron chi connectivity index (χ0n) is 51.6. The zero-order chi connectivity index (χ0) is 61.7. The molecule has 4 aliphatic carbocycles. The van der Waals surface area contributed by atoms with Gasteiger partial charge in [0.2, 0.25) is 0 Å². The van der Waals surface area contributed by atoms with Gasteiger partial charge >= 0.3 is 5.97 Å². The van der Waals surface area contributed by atoms with E-state index in [9.17, 15) is 35.4 Å². The van der Waals surface area contributed by atoms with E-state index in [4.69, 9.17) is 66.3 Å². The Balaban J connectivity index is 0.782. The van der Waals surface area contributed by atoms with Crippen molar-refractivity contribution in [3.63, 3.8) is 0 Å². The number of aliphatic hydroxyl groups is 6. The smallest absolute Gasteiger partial charge is 0.331 e. The van der Waals surface area contributed by atoms with Gasteiger partial charge in [-0.2, -0.15) is 0 Å². The van der Waals surface area contributed by atoms with E-state index < -0.39 is 168 Å². The summed E-state index contributed by atoms with van der Waals surface area (Å²) in [6.07, 6.45) is -6.54. The van der Waals surface area contributed by atoms with Crippen LogP contribution in [-0.4, -0.2) is 210 Å². The molecule has 7 fully saturated rings. The summed E-state index contributed by atoms with van der Waals surface area (Å²) >= 11 is 0. The minimum absolute atomic E-state index is 0.0122. The van der Waals surface area contributed by atoms with Crippen LogP contribution in [-0.2, 0) is 77.7 Å². The number of carbonyl (C=O) groups is 1. The van der Waals surface area contributed by atoms with Crippen LogP contribution < -0.4 is 0 Å². The predicted octanol–water partition coefficient (Wildman–Crippen LogP) is 5.19. The largest absolute Gasteiger partial charge is 0.458 e. The highest BCUT2D eigenvalue weighted by Crippen LogP contribution is 2.72. The minimum Gasteiger partial charge on any atom is -0.458 e. The van der Waals surface area contributed by atoms with Crippen LogP contribution in [0.25, 0.3) is 6.08 Å². The highest BCUT2D eigenvalue weighted by Gasteiger charge is 2.82. The molecule has 21 heteroatoms. The van der Waals surface area contributed by atoms with Gasteiger partial charge in [0, 0.05) is 71.5 Å². The monoisotopic (exact) mass is 1210 g/mol. The van der Waals surface area contributed by atoms with E-state index in [1.807, 2.05) is 88.4 Å². The van der Waals surface area contributed by atoms with E-state index in [2.05, 4.69) is 0 Å². The number of hydrogen-bond donors (Lipinski definition) is 6. The number of carbonyl (C=O) groups excluding carboxylic acids is 1. The van der Waals surface area contributed by atoms with Crippen molar-refractivity contribution in [3.8, 4) is 0 Å². The minimum atomic E-state index is -2.05. The molecule has 86 heavy (non-hydrogen) atoms. The summed E-state index contributed by atoms with van der Waals surface area (Å²) in [7, 11) is 6.20. The molecular weight excluding hydrogens is 1120 g/mol. The van der Waals surface area contributed by atoms with E-state index in [1.54, 1.807) is 54.3 Å². The Hall–Kier alpha value is -3.37. The van der Waals surface area contributed by atoms with Gasteiger partial charge in [-0.15, -0.1) is 0 Å². The molecule has 0 aromatic heterocycles. The van der Waals surface area contributed by atoms with E-state index >= 15 is 0 Å². The van der Waals surface area contributed by atoms with Gasteiger partial charge in [-0.05, 0) is 83.9 Å². The molecule has 27 atom stereocenters. The van der Waals surface area contributed by atoms with E-state index in [0.29, 0.717) is 25.7 Å². The van der Waals surface area contributed by atoms with Crippen molar-refractivity contribution in [2.75, 3.05) is 28.4 Å². The summed E-state index contributed by atoms with van der Waals surface area (Å²) in [5, 5.41) is 74.3. The average Bonchev–Trinajstić information content (AvgIpc) is 1.30. The lowest BCUT2D eigenvalue weighted by Gasteiger charge is -2.69. The number of hydrogen-bond acceptors (Lipinski definition) is 21. The number of fused-ring (bicyclic) bond motifs is 5. The molecule has 4 aliphatic heterocycles. The fraction of sp³-hybridized carbons (Fsp3) is 0.738. The summed E-state index contributed by atoms with van der Waals surface area (Å²) in [6, 6.07) is 18.9. The fourth-order valence-corrected chi connectivity index (χ4v) is 16.1. The van der Waals surface area contributed by atoms with Gasteiger partial charge in [0.25, 0.3) is 0 Å². The van der Waals surface area contributed by atoms with Gasteiger partial charge in [-0.3, -0.25) is 0 Å². The quantitative estimate of drug-likeness (QED) is 0.0600. The Kier molecular flexibility index (Phi) is 19.9. The van der Waals surface area contributed by atoms with Gasteiger partial charge in [0.1, 0.15) is 59.5 Å². The van der Waals surface area contributed by atoms with Gasteiger partial charge in [-0.25, -0.2) is 4.79 Å². The molecule has 0 radical (unpaired) electrons. The number of methoxy groups -OCH3 is 4. The molecule has 10 rings (SSSR count). The molecule has 0 unspecified atom stereocenters. The summed E-state index contributed by atoms with van der Waals surface area (Å²) in [5.74, 6) is -1.52. The average molecular weight is 1210 g/mol. The lowest BCUT2D eigenvalue weighted by molar-refractivity contribution is -0.356. The molecule has 21 nitrogen and oxygen atoms in total.